The second kappa shape index (κ2) is 9.49. The Morgan fingerprint density at radius 1 is 1.04 bits per heavy atom. The highest BCUT2D eigenvalue weighted by molar-refractivity contribution is 7.80. The maximum Gasteiger partial charge on any atom is 0.171 e. The van der Waals surface area contributed by atoms with Crippen molar-refractivity contribution in [1.29, 1.82) is 0 Å². The predicted octanol–water partition coefficient (Wildman–Crippen LogP) is 5.19. The number of benzene rings is 2. The molecule has 0 heterocycles. The fourth-order valence-electron chi connectivity index (χ4n) is 2.32. The zero-order chi connectivity index (χ0) is 18.2. The van der Waals surface area contributed by atoms with E-state index in [0.29, 0.717) is 23.3 Å². The third-order valence-corrected chi connectivity index (χ3v) is 3.99. The van der Waals surface area contributed by atoms with Crippen LogP contribution in [-0.2, 0) is 0 Å². The minimum atomic E-state index is 0.0159. The van der Waals surface area contributed by atoms with E-state index >= 15 is 0 Å². The van der Waals surface area contributed by atoms with Gasteiger partial charge in [-0.2, -0.15) is 0 Å². The number of rotatable bonds is 7. The van der Waals surface area contributed by atoms with E-state index in [1.807, 2.05) is 63.2 Å². The molecule has 0 radical (unpaired) electrons. The Labute approximate surface area is 159 Å². The average molecular weight is 379 g/mol. The molecule has 2 rings (SSSR count). The standard InChI is InChI=1S/C19H23ClN2O2S/c1-4-23-17-11-6-14(12-18(17)24-5-2)13(3)21-19(25)22-16-9-7-15(20)8-10-16/h6-13H,4-5H2,1-3H3,(H2,21,22,25)/t13-/m0/s1. The fourth-order valence-corrected chi connectivity index (χ4v) is 2.74. The van der Waals surface area contributed by atoms with Gasteiger partial charge in [0.05, 0.1) is 19.3 Å². The molecule has 0 amide bonds. The molecule has 0 aliphatic heterocycles. The third kappa shape index (κ3) is 5.80. The molecule has 25 heavy (non-hydrogen) atoms. The summed E-state index contributed by atoms with van der Waals surface area (Å²) in [6, 6.07) is 13.3. The zero-order valence-electron chi connectivity index (χ0n) is 14.6. The first kappa shape index (κ1) is 19.3. The summed E-state index contributed by atoms with van der Waals surface area (Å²) in [6.07, 6.45) is 0. The number of hydrogen-bond donors (Lipinski definition) is 2. The largest absolute Gasteiger partial charge is 0.490 e. The highest BCUT2D eigenvalue weighted by Gasteiger charge is 2.12. The number of thiocarbonyl (C=S) groups is 1. The van der Waals surface area contributed by atoms with Gasteiger partial charge in [-0.1, -0.05) is 17.7 Å². The molecule has 2 N–H and O–H groups in total. The summed E-state index contributed by atoms with van der Waals surface area (Å²) in [4.78, 5) is 0. The van der Waals surface area contributed by atoms with Crippen LogP contribution in [-0.4, -0.2) is 18.3 Å². The first-order valence-corrected chi connectivity index (χ1v) is 9.04. The summed E-state index contributed by atoms with van der Waals surface area (Å²) in [5, 5.41) is 7.65. The van der Waals surface area contributed by atoms with Crippen molar-refractivity contribution in [2.75, 3.05) is 18.5 Å². The van der Waals surface area contributed by atoms with Gasteiger partial charge in [-0.25, -0.2) is 0 Å². The first-order chi connectivity index (χ1) is 12.0. The Hall–Kier alpha value is -1.98. The van der Waals surface area contributed by atoms with Gasteiger partial charge in [0, 0.05) is 10.7 Å². The lowest BCUT2D eigenvalue weighted by molar-refractivity contribution is 0.287. The summed E-state index contributed by atoms with van der Waals surface area (Å²) in [7, 11) is 0. The summed E-state index contributed by atoms with van der Waals surface area (Å²) >= 11 is 11.3. The molecule has 0 bridgehead atoms. The van der Waals surface area contributed by atoms with Crippen molar-refractivity contribution in [1.82, 2.24) is 5.32 Å². The van der Waals surface area contributed by atoms with Gasteiger partial charge in [0.25, 0.3) is 0 Å². The fraction of sp³-hybridized carbons (Fsp3) is 0.316. The van der Waals surface area contributed by atoms with Crippen molar-refractivity contribution in [3.63, 3.8) is 0 Å². The quantitative estimate of drug-likeness (QED) is 0.649. The third-order valence-electron chi connectivity index (χ3n) is 3.52. The van der Waals surface area contributed by atoms with Crippen LogP contribution >= 0.6 is 23.8 Å². The van der Waals surface area contributed by atoms with Crippen molar-refractivity contribution in [3.8, 4) is 11.5 Å². The predicted molar refractivity (Wildman–Crippen MR) is 108 cm³/mol. The number of halogens is 1. The molecule has 0 spiro atoms. The van der Waals surface area contributed by atoms with Crippen molar-refractivity contribution in [3.05, 3.63) is 53.1 Å². The van der Waals surface area contributed by atoms with E-state index in [-0.39, 0.29) is 6.04 Å². The SMILES string of the molecule is CCOc1ccc([C@H](C)NC(=S)Nc2ccc(Cl)cc2)cc1OCC. The van der Waals surface area contributed by atoms with Gasteiger partial charge in [0.1, 0.15) is 0 Å². The van der Waals surface area contributed by atoms with E-state index < -0.39 is 0 Å². The van der Waals surface area contributed by atoms with Crippen molar-refractivity contribution < 1.29 is 9.47 Å². The molecule has 0 saturated carbocycles. The van der Waals surface area contributed by atoms with Gasteiger partial charge >= 0.3 is 0 Å². The molecular formula is C19H23ClN2O2S. The van der Waals surface area contributed by atoms with Crippen LogP contribution in [0.4, 0.5) is 5.69 Å². The molecule has 0 aliphatic carbocycles. The molecule has 1 atom stereocenters. The molecule has 6 heteroatoms. The van der Waals surface area contributed by atoms with Crippen molar-refractivity contribution in [2.24, 2.45) is 0 Å². The summed E-state index contributed by atoms with van der Waals surface area (Å²) in [6.45, 7) is 7.13. The maximum atomic E-state index is 5.89. The van der Waals surface area contributed by atoms with Crippen LogP contribution in [0.5, 0.6) is 11.5 Å². The molecule has 0 aromatic heterocycles. The summed E-state index contributed by atoms with van der Waals surface area (Å²) < 4.78 is 11.3. The van der Waals surface area contributed by atoms with Gasteiger partial charge < -0.3 is 20.1 Å². The highest BCUT2D eigenvalue weighted by atomic mass is 35.5. The van der Waals surface area contributed by atoms with Crippen LogP contribution < -0.4 is 20.1 Å². The Morgan fingerprint density at radius 2 is 1.68 bits per heavy atom. The monoisotopic (exact) mass is 378 g/mol. The smallest absolute Gasteiger partial charge is 0.171 e. The maximum absolute atomic E-state index is 5.89. The Bertz CT molecular complexity index is 707. The molecule has 0 fully saturated rings. The molecule has 4 nitrogen and oxygen atoms in total. The van der Waals surface area contributed by atoms with Crippen LogP contribution in [0.2, 0.25) is 5.02 Å². The van der Waals surface area contributed by atoms with Crippen molar-refractivity contribution in [2.45, 2.75) is 26.8 Å². The highest BCUT2D eigenvalue weighted by Crippen LogP contribution is 2.30. The van der Waals surface area contributed by atoms with Crippen LogP contribution in [0.3, 0.4) is 0 Å². The molecule has 2 aromatic carbocycles. The molecule has 0 aliphatic rings. The minimum absolute atomic E-state index is 0.0159. The lowest BCUT2D eigenvalue weighted by Crippen LogP contribution is -2.30. The number of ether oxygens (including phenoxy) is 2. The zero-order valence-corrected chi connectivity index (χ0v) is 16.2. The number of nitrogens with one attached hydrogen (secondary N) is 2. The molecular weight excluding hydrogens is 356 g/mol. The Balaban J connectivity index is 2.03. The first-order valence-electron chi connectivity index (χ1n) is 8.26. The summed E-state index contributed by atoms with van der Waals surface area (Å²) in [5.74, 6) is 1.49. The van der Waals surface area contributed by atoms with Gasteiger partial charge in [-0.3, -0.25) is 0 Å². The second-order valence-corrected chi connectivity index (χ2v) is 6.24. The summed E-state index contributed by atoms with van der Waals surface area (Å²) in [5.41, 5.74) is 1.95. The van der Waals surface area contributed by atoms with Crippen LogP contribution in [0.15, 0.2) is 42.5 Å². The topological polar surface area (TPSA) is 42.5 Å². The van der Waals surface area contributed by atoms with E-state index in [0.717, 1.165) is 22.7 Å². The van der Waals surface area contributed by atoms with Gasteiger partial charge in [-0.05, 0) is 75.0 Å². The van der Waals surface area contributed by atoms with E-state index in [4.69, 9.17) is 33.3 Å². The number of anilines is 1. The van der Waals surface area contributed by atoms with Crippen LogP contribution in [0, 0.1) is 0 Å². The van der Waals surface area contributed by atoms with E-state index in [2.05, 4.69) is 10.6 Å². The molecule has 134 valence electrons. The Morgan fingerprint density at radius 3 is 2.32 bits per heavy atom. The normalized spacial score (nSPS) is 11.5. The number of hydrogen-bond acceptors (Lipinski definition) is 3. The second-order valence-electron chi connectivity index (χ2n) is 5.40. The lowest BCUT2D eigenvalue weighted by Gasteiger charge is -2.19. The Kier molecular flexibility index (Phi) is 7.34. The van der Waals surface area contributed by atoms with E-state index in [9.17, 15) is 0 Å². The molecule has 0 unspecified atom stereocenters. The molecule has 2 aromatic rings. The lowest BCUT2D eigenvalue weighted by atomic mass is 10.1. The van der Waals surface area contributed by atoms with E-state index in [1.165, 1.54) is 0 Å². The average Bonchev–Trinajstić information content (AvgIpc) is 2.59. The molecule has 0 saturated heterocycles. The van der Waals surface area contributed by atoms with Gasteiger partial charge in [-0.15, -0.1) is 0 Å². The van der Waals surface area contributed by atoms with Crippen LogP contribution in [0.25, 0.3) is 0 Å². The van der Waals surface area contributed by atoms with Crippen LogP contribution in [0.1, 0.15) is 32.4 Å². The van der Waals surface area contributed by atoms with Crippen molar-refractivity contribution >= 4 is 34.6 Å². The van der Waals surface area contributed by atoms with E-state index in [1.54, 1.807) is 0 Å². The van der Waals surface area contributed by atoms with Gasteiger partial charge in [0.2, 0.25) is 0 Å². The van der Waals surface area contributed by atoms with Gasteiger partial charge in [0.15, 0.2) is 16.6 Å². The minimum Gasteiger partial charge on any atom is -0.490 e.